The zero-order valence-corrected chi connectivity index (χ0v) is 22.1. The minimum atomic E-state index is -0.818. The maximum atomic E-state index is 13.7. The molecule has 0 radical (unpaired) electrons. The molecule has 0 aliphatic carbocycles. The van der Waals surface area contributed by atoms with Crippen molar-refractivity contribution in [2.45, 2.75) is 19.0 Å². The fourth-order valence-corrected chi connectivity index (χ4v) is 4.69. The Morgan fingerprint density at radius 3 is 2.35 bits per heavy atom. The van der Waals surface area contributed by atoms with Crippen LogP contribution in [0.3, 0.4) is 0 Å². The van der Waals surface area contributed by atoms with E-state index in [4.69, 9.17) is 38.0 Å². The van der Waals surface area contributed by atoms with Gasteiger partial charge in [0.25, 0.3) is 5.91 Å². The predicted molar refractivity (Wildman–Crippen MR) is 147 cm³/mol. The highest BCUT2D eigenvalue weighted by Crippen LogP contribution is 2.32. The molecule has 1 aliphatic rings. The van der Waals surface area contributed by atoms with Crippen LogP contribution in [0.1, 0.15) is 12.0 Å². The van der Waals surface area contributed by atoms with Gasteiger partial charge in [0, 0.05) is 17.3 Å². The van der Waals surface area contributed by atoms with E-state index in [9.17, 15) is 9.59 Å². The van der Waals surface area contributed by atoms with Crippen molar-refractivity contribution in [2.24, 2.45) is 0 Å². The number of hydrogen-bond donors (Lipinski definition) is 1. The van der Waals surface area contributed by atoms with Gasteiger partial charge in [-0.2, -0.15) is 0 Å². The Morgan fingerprint density at radius 1 is 0.973 bits per heavy atom. The van der Waals surface area contributed by atoms with Crippen molar-refractivity contribution in [3.63, 3.8) is 0 Å². The largest absolute Gasteiger partial charge is 0.497 e. The molecule has 0 spiro atoms. The van der Waals surface area contributed by atoms with Crippen molar-refractivity contribution < 1.29 is 23.8 Å². The molecule has 0 unspecified atom stereocenters. The number of amides is 2. The number of carbonyl (C=O) groups is 2. The first-order chi connectivity index (χ1) is 17.8. The Balaban J connectivity index is 1.63. The number of carbonyl (C=O) groups excluding carboxylic acids is 2. The molecule has 3 aromatic carbocycles. The molecule has 4 rings (SSSR count). The van der Waals surface area contributed by atoms with Crippen molar-refractivity contribution in [3.8, 4) is 17.2 Å². The van der Waals surface area contributed by atoms with Crippen LogP contribution in [-0.2, 0) is 16.1 Å². The second kappa shape index (κ2) is 11.5. The summed E-state index contributed by atoms with van der Waals surface area (Å²) in [4.78, 5) is 29.9. The number of anilines is 2. The van der Waals surface area contributed by atoms with E-state index in [1.54, 1.807) is 80.8 Å². The smallest absolute Gasteiger partial charge is 0.256 e. The minimum Gasteiger partial charge on any atom is -0.497 e. The van der Waals surface area contributed by atoms with E-state index in [1.807, 2.05) is 12.1 Å². The summed E-state index contributed by atoms with van der Waals surface area (Å²) < 4.78 is 16.0. The third-order valence-corrected chi connectivity index (χ3v) is 6.59. The van der Waals surface area contributed by atoms with E-state index in [1.165, 1.54) is 4.90 Å². The van der Waals surface area contributed by atoms with Gasteiger partial charge in [-0.05, 0) is 72.4 Å². The number of rotatable bonds is 9. The second-order valence-electron chi connectivity index (χ2n) is 8.25. The number of thiocarbonyl (C=S) groups is 1. The Hall–Kier alpha value is -3.82. The molecule has 3 aromatic rings. The summed E-state index contributed by atoms with van der Waals surface area (Å²) in [6, 6.07) is 18.5. The highest BCUT2D eigenvalue weighted by molar-refractivity contribution is 7.80. The lowest BCUT2D eigenvalue weighted by atomic mass is 10.1. The lowest BCUT2D eigenvalue weighted by Gasteiger charge is -2.24. The molecule has 0 bridgehead atoms. The first kappa shape index (κ1) is 26.2. The number of ether oxygens (including phenoxy) is 3. The van der Waals surface area contributed by atoms with Crippen LogP contribution < -0.4 is 24.4 Å². The maximum absolute atomic E-state index is 13.7. The molecular weight excluding hydrogens is 514 g/mol. The average molecular weight is 540 g/mol. The van der Waals surface area contributed by atoms with E-state index < -0.39 is 6.04 Å². The third-order valence-electron chi connectivity index (χ3n) is 5.94. The van der Waals surface area contributed by atoms with Crippen LogP contribution in [0.15, 0.2) is 66.7 Å². The SMILES string of the molecule is COc1ccc(N2C(=O)[C@@H](CC(=O)Nc3cccc(Cl)c3)N(Cc3ccc(OC)c(OC)c3)C2=S)cc1. The van der Waals surface area contributed by atoms with Crippen molar-refractivity contribution >= 4 is 52.1 Å². The van der Waals surface area contributed by atoms with Crippen LogP contribution in [0, 0.1) is 0 Å². The van der Waals surface area contributed by atoms with Crippen LogP contribution in [-0.4, -0.2) is 49.2 Å². The molecule has 0 aromatic heterocycles. The van der Waals surface area contributed by atoms with Gasteiger partial charge in [0.15, 0.2) is 16.6 Å². The van der Waals surface area contributed by atoms with Gasteiger partial charge < -0.3 is 24.4 Å². The summed E-state index contributed by atoms with van der Waals surface area (Å²) in [5, 5.41) is 3.61. The van der Waals surface area contributed by atoms with Gasteiger partial charge in [-0.3, -0.25) is 14.5 Å². The van der Waals surface area contributed by atoms with Gasteiger partial charge in [0.05, 0.1) is 33.4 Å². The fraction of sp³-hybridized carbons (Fsp3) is 0.222. The topological polar surface area (TPSA) is 80.3 Å². The number of nitrogens with one attached hydrogen (secondary N) is 1. The molecule has 2 amide bonds. The molecule has 1 fully saturated rings. The van der Waals surface area contributed by atoms with Crippen LogP contribution in [0.2, 0.25) is 5.02 Å². The maximum Gasteiger partial charge on any atom is 0.256 e. The summed E-state index contributed by atoms with van der Waals surface area (Å²) in [6.45, 7) is 0.284. The Kier molecular flexibility index (Phi) is 8.15. The number of nitrogens with zero attached hydrogens (tertiary/aromatic N) is 2. The Labute approximate surface area is 225 Å². The number of hydrogen-bond acceptors (Lipinski definition) is 6. The highest BCUT2D eigenvalue weighted by atomic mass is 35.5. The zero-order chi connectivity index (χ0) is 26.5. The summed E-state index contributed by atoms with van der Waals surface area (Å²) >= 11 is 11.8. The molecule has 1 N–H and O–H groups in total. The van der Waals surface area contributed by atoms with E-state index in [-0.39, 0.29) is 24.8 Å². The normalized spacial score (nSPS) is 15.1. The predicted octanol–water partition coefficient (Wildman–Crippen LogP) is 4.90. The van der Waals surface area contributed by atoms with Crippen molar-refractivity contribution in [3.05, 3.63) is 77.3 Å². The summed E-state index contributed by atoms with van der Waals surface area (Å²) in [7, 11) is 4.69. The van der Waals surface area contributed by atoms with Gasteiger partial charge in [-0.25, -0.2) is 0 Å². The van der Waals surface area contributed by atoms with Gasteiger partial charge >= 0.3 is 0 Å². The standard InChI is InChI=1S/C27H26ClN3O5S/c1-34-21-10-8-20(9-11-21)31-26(33)22(15-25(32)29-19-6-4-5-18(28)14-19)30(27(31)37)16-17-7-12-23(35-2)24(13-17)36-3/h4-14,22H,15-16H2,1-3H3,(H,29,32)/t22-/m1/s1. The Bertz CT molecular complexity index is 1320. The average Bonchev–Trinajstić information content (AvgIpc) is 3.12. The van der Waals surface area contributed by atoms with Crippen LogP contribution in [0.4, 0.5) is 11.4 Å². The molecule has 10 heteroatoms. The molecule has 37 heavy (non-hydrogen) atoms. The number of halogens is 1. The molecule has 0 saturated carbocycles. The second-order valence-corrected chi connectivity index (χ2v) is 9.05. The van der Waals surface area contributed by atoms with E-state index >= 15 is 0 Å². The summed E-state index contributed by atoms with van der Waals surface area (Å²) in [5.41, 5.74) is 1.97. The molecular formula is C27H26ClN3O5S. The first-order valence-corrected chi connectivity index (χ1v) is 12.2. The highest BCUT2D eigenvalue weighted by Gasteiger charge is 2.44. The quantitative estimate of drug-likeness (QED) is 0.387. The van der Waals surface area contributed by atoms with Gasteiger partial charge in [0.1, 0.15) is 11.8 Å². The van der Waals surface area contributed by atoms with E-state index in [0.29, 0.717) is 38.8 Å². The van der Waals surface area contributed by atoms with Gasteiger partial charge in [-0.15, -0.1) is 0 Å². The van der Waals surface area contributed by atoms with Crippen molar-refractivity contribution in [1.82, 2.24) is 4.90 Å². The Morgan fingerprint density at radius 2 is 1.70 bits per heavy atom. The van der Waals surface area contributed by atoms with Crippen molar-refractivity contribution in [1.29, 1.82) is 0 Å². The lowest BCUT2D eigenvalue weighted by molar-refractivity contribution is -0.124. The zero-order valence-electron chi connectivity index (χ0n) is 20.6. The van der Waals surface area contributed by atoms with Gasteiger partial charge in [-0.1, -0.05) is 23.7 Å². The molecule has 192 valence electrons. The summed E-state index contributed by atoms with van der Waals surface area (Å²) in [6.07, 6.45) is -0.106. The van der Waals surface area contributed by atoms with Crippen LogP contribution in [0.25, 0.3) is 0 Å². The fourth-order valence-electron chi connectivity index (χ4n) is 4.11. The minimum absolute atomic E-state index is 0.106. The summed E-state index contributed by atoms with van der Waals surface area (Å²) in [5.74, 6) is 1.16. The molecule has 1 atom stereocenters. The third kappa shape index (κ3) is 5.79. The number of methoxy groups -OCH3 is 3. The molecule has 1 heterocycles. The van der Waals surface area contributed by atoms with Crippen molar-refractivity contribution in [2.75, 3.05) is 31.5 Å². The van der Waals surface area contributed by atoms with Gasteiger partial charge in [0.2, 0.25) is 5.91 Å². The number of benzene rings is 3. The van der Waals surface area contributed by atoms with Crippen LogP contribution >= 0.6 is 23.8 Å². The molecule has 1 aliphatic heterocycles. The van der Waals surface area contributed by atoms with Crippen LogP contribution in [0.5, 0.6) is 17.2 Å². The molecule has 8 nitrogen and oxygen atoms in total. The monoisotopic (exact) mass is 539 g/mol. The first-order valence-electron chi connectivity index (χ1n) is 11.4. The lowest BCUT2D eigenvalue weighted by Crippen LogP contribution is -2.37. The van der Waals surface area contributed by atoms with E-state index in [2.05, 4.69) is 5.32 Å². The molecule has 1 saturated heterocycles. The van der Waals surface area contributed by atoms with E-state index in [0.717, 1.165) is 5.56 Å².